The van der Waals surface area contributed by atoms with Gasteiger partial charge in [-0.1, -0.05) is 6.92 Å². The molecule has 1 rings (SSSR count). The van der Waals surface area contributed by atoms with Crippen LogP contribution in [0, 0.1) is 5.92 Å². The van der Waals surface area contributed by atoms with E-state index in [2.05, 4.69) is 15.4 Å². The minimum atomic E-state index is -3.38. The molecule has 1 amide bonds. The second kappa shape index (κ2) is 8.59. The highest BCUT2D eigenvalue weighted by atomic mass is 32.2. The Morgan fingerprint density at radius 1 is 1.35 bits per heavy atom. The van der Waals surface area contributed by atoms with Gasteiger partial charge in [-0.3, -0.25) is 4.79 Å². The third-order valence-corrected chi connectivity index (χ3v) is 5.04. The molecule has 6 nitrogen and oxygen atoms in total. The second-order valence-corrected chi connectivity index (χ2v) is 7.30. The molecule has 1 aliphatic heterocycles. The van der Waals surface area contributed by atoms with Crippen molar-refractivity contribution in [3.05, 3.63) is 0 Å². The summed E-state index contributed by atoms with van der Waals surface area (Å²) in [5, 5.41) is 5.95. The third-order valence-electron chi connectivity index (χ3n) is 3.55. The minimum absolute atomic E-state index is 0.100. The number of rotatable bonds is 8. The molecule has 3 N–H and O–H groups in total. The lowest BCUT2D eigenvalue weighted by Gasteiger charge is -2.22. The van der Waals surface area contributed by atoms with E-state index < -0.39 is 16.1 Å². The van der Waals surface area contributed by atoms with E-state index in [-0.39, 0.29) is 11.7 Å². The van der Waals surface area contributed by atoms with Gasteiger partial charge in [-0.15, -0.1) is 0 Å². The number of carbonyl (C=O) groups is 1. The fourth-order valence-electron chi connectivity index (χ4n) is 2.28. The average molecular weight is 305 g/mol. The molecule has 0 radical (unpaired) electrons. The molecule has 1 unspecified atom stereocenters. The molecule has 1 saturated heterocycles. The first-order chi connectivity index (χ1) is 9.44. The van der Waals surface area contributed by atoms with E-state index in [0.717, 1.165) is 32.4 Å². The maximum Gasteiger partial charge on any atom is 0.237 e. The van der Waals surface area contributed by atoms with Crippen LogP contribution in [0.1, 0.15) is 39.5 Å². The smallest absolute Gasteiger partial charge is 0.237 e. The zero-order valence-electron chi connectivity index (χ0n) is 12.4. The van der Waals surface area contributed by atoms with E-state index in [1.807, 2.05) is 6.92 Å². The zero-order valence-corrected chi connectivity index (χ0v) is 13.3. The highest BCUT2D eigenvalue weighted by molar-refractivity contribution is 7.89. The number of nitrogens with one attached hydrogen (secondary N) is 3. The van der Waals surface area contributed by atoms with Crippen molar-refractivity contribution < 1.29 is 13.2 Å². The first-order valence-electron chi connectivity index (χ1n) is 7.43. The van der Waals surface area contributed by atoms with Crippen molar-refractivity contribution in [2.24, 2.45) is 5.92 Å². The van der Waals surface area contributed by atoms with Crippen LogP contribution in [-0.4, -0.2) is 45.8 Å². The van der Waals surface area contributed by atoms with Gasteiger partial charge in [-0.2, -0.15) is 0 Å². The molecule has 0 bridgehead atoms. The number of sulfonamides is 1. The van der Waals surface area contributed by atoms with Crippen molar-refractivity contribution >= 4 is 15.9 Å². The maximum absolute atomic E-state index is 12.0. The van der Waals surface area contributed by atoms with E-state index in [4.69, 9.17) is 0 Å². The van der Waals surface area contributed by atoms with Crippen molar-refractivity contribution in [3.63, 3.8) is 0 Å². The van der Waals surface area contributed by atoms with Gasteiger partial charge >= 0.3 is 0 Å². The molecule has 0 aliphatic carbocycles. The maximum atomic E-state index is 12.0. The first-order valence-corrected chi connectivity index (χ1v) is 9.08. The van der Waals surface area contributed by atoms with Crippen molar-refractivity contribution in [1.82, 2.24) is 15.4 Å². The van der Waals surface area contributed by atoms with Crippen LogP contribution >= 0.6 is 0 Å². The molecule has 1 aliphatic rings. The molecular weight excluding hydrogens is 278 g/mol. The van der Waals surface area contributed by atoms with E-state index in [0.29, 0.717) is 18.9 Å². The summed E-state index contributed by atoms with van der Waals surface area (Å²) in [6.07, 6.45) is 3.56. The fourth-order valence-corrected chi connectivity index (χ4v) is 3.68. The molecule has 0 aromatic heterocycles. The van der Waals surface area contributed by atoms with Crippen molar-refractivity contribution in [1.29, 1.82) is 0 Å². The molecule has 1 heterocycles. The Labute approximate surface area is 122 Å². The van der Waals surface area contributed by atoms with Crippen LogP contribution in [0.15, 0.2) is 0 Å². The summed E-state index contributed by atoms with van der Waals surface area (Å²) in [6.45, 7) is 6.03. The molecule has 0 aromatic carbocycles. The van der Waals surface area contributed by atoms with Crippen molar-refractivity contribution in [2.75, 3.05) is 25.4 Å². The van der Waals surface area contributed by atoms with Gasteiger partial charge in [-0.25, -0.2) is 13.1 Å². The van der Waals surface area contributed by atoms with Crippen LogP contribution in [0.25, 0.3) is 0 Å². The van der Waals surface area contributed by atoms with Gasteiger partial charge in [0, 0.05) is 6.54 Å². The monoisotopic (exact) mass is 305 g/mol. The van der Waals surface area contributed by atoms with Crippen LogP contribution in [-0.2, 0) is 14.8 Å². The van der Waals surface area contributed by atoms with Gasteiger partial charge in [0.1, 0.15) is 0 Å². The zero-order chi connectivity index (χ0) is 15.0. The van der Waals surface area contributed by atoms with Crippen molar-refractivity contribution in [2.45, 2.75) is 45.6 Å². The number of hydrogen-bond acceptors (Lipinski definition) is 4. The molecule has 7 heteroatoms. The van der Waals surface area contributed by atoms with Crippen LogP contribution in [0.4, 0.5) is 0 Å². The van der Waals surface area contributed by atoms with Gasteiger partial charge in [0.25, 0.3) is 0 Å². The normalized spacial score (nSPS) is 18.7. The number of hydrogen-bond donors (Lipinski definition) is 3. The standard InChI is InChI=1S/C13H27N3O3S/c1-3-7-15-13(17)11(2)16-20(18,19)10-6-12-4-8-14-9-5-12/h11-12,14,16H,3-10H2,1-2H3,(H,15,17). The lowest BCUT2D eigenvalue weighted by Crippen LogP contribution is -2.45. The highest BCUT2D eigenvalue weighted by Crippen LogP contribution is 2.16. The third kappa shape index (κ3) is 6.67. The molecule has 118 valence electrons. The van der Waals surface area contributed by atoms with Crippen LogP contribution in [0.3, 0.4) is 0 Å². The van der Waals surface area contributed by atoms with E-state index in [1.165, 1.54) is 0 Å². The van der Waals surface area contributed by atoms with Crippen LogP contribution < -0.4 is 15.4 Å². The largest absolute Gasteiger partial charge is 0.355 e. The number of carbonyl (C=O) groups excluding carboxylic acids is 1. The average Bonchev–Trinajstić information content (AvgIpc) is 2.43. The van der Waals surface area contributed by atoms with Crippen LogP contribution in [0.2, 0.25) is 0 Å². The molecule has 0 saturated carbocycles. The Morgan fingerprint density at radius 3 is 2.60 bits per heavy atom. The predicted octanol–water partition coefficient (Wildman–Crippen LogP) is 0.210. The quantitative estimate of drug-likeness (QED) is 0.598. The predicted molar refractivity (Wildman–Crippen MR) is 79.9 cm³/mol. The Hall–Kier alpha value is -0.660. The van der Waals surface area contributed by atoms with Gasteiger partial charge in [0.05, 0.1) is 11.8 Å². The number of piperidine rings is 1. The highest BCUT2D eigenvalue weighted by Gasteiger charge is 2.22. The molecular formula is C13H27N3O3S. The van der Waals surface area contributed by atoms with Gasteiger partial charge < -0.3 is 10.6 Å². The topological polar surface area (TPSA) is 87.3 Å². The summed E-state index contributed by atoms with van der Waals surface area (Å²) in [5.41, 5.74) is 0. The Kier molecular flexibility index (Phi) is 7.47. The summed E-state index contributed by atoms with van der Waals surface area (Å²) in [6, 6.07) is -0.709. The summed E-state index contributed by atoms with van der Waals surface area (Å²) in [7, 11) is -3.38. The molecule has 0 spiro atoms. The summed E-state index contributed by atoms with van der Waals surface area (Å²) in [4.78, 5) is 11.6. The molecule has 1 atom stereocenters. The summed E-state index contributed by atoms with van der Waals surface area (Å²) in [5.74, 6) is 0.303. The van der Waals surface area contributed by atoms with Gasteiger partial charge in [-0.05, 0) is 51.6 Å². The molecule has 20 heavy (non-hydrogen) atoms. The van der Waals surface area contributed by atoms with Crippen LogP contribution in [0.5, 0.6) is 0 Å². The number of amides is 1. The summed E-state index contributed by atoms with van der Waals surface area (Å²) < 4.78 is 26.4. The van der Waals surface area contributed by atoms with Crippen molar-refractivity contribution in [3.8, 4) is 0 Å². The second-order valence-electron chi connectivity index (χ2n) is 5.43. The van der Waals surface area contributed by atoms with E-state index in [1.54, 1.807) is 6.92 Å². The van der Waals surface area contributed by atoms with E-state index >= 15 is 0 Å². The lowest BCUT2D eigenvalue weighted by atomic mass is 9.96. The Morgan fingerprint density at radius 2 is 2.00 bits per heavy atom. The first kappa shape index (κ1) is 17.4. The van der Waals surface area contributed by atoms with E-state index in [9.17, 15) is 13.2 Å². The van der Waals surface area contributed by atoms with Gasteiger partial charge in [0.2, 0.25) is 15.9 Å². The Bertz CT molecular complexity index is 392. The molecule has 1 fully saturated rings. The molecule has 0 aromatic rings. The van der Waals surface area contributed by atoms with Gasteiger partial charge in [0.15, 0.2) is 0 Å². The Balaban J connectivity index is 2.34. The SMILES string of the molecule is CCCNC(=O)C(C)NS(=O)(=O)CCC1CCNCC1. The minimum Gasteiger partial charge on any atom is -0.355 e. The lowest BCUT2D eigenvalue weighted by molar-refractivity contribution is -0.122. The summed E-state index contributed by atoms with van der Waals surface area (Å²) >= 11 is 0. The fraction of sp³-hybridized carbons (Fsp3) is 0.923.